The highest BCUT2D eigenvalue weighted by atomic mass is 35.5. The summed E-state index contributed by atoms with van der Waals surface area (Å²) in [6.45, 7) is 2.01. The van der Waals surface area contributed by atoms with Gasteiger partial charge < -0.3 is 0 Å². The van der Waals surface area contributed by atoms with Crippen LogP contribution in [-0.4, -0.2) is 24.1 Å². The Kier molecular flexibility index (Phi) is 4.11. The molecule has 3 aromatic heterocycles. The summed E-state index contributed by atoms with van der Waals surface area (Å²) in [6, 6.07) is 13.6. The predicted octanol–water partition coefficient (Wildman–Crippen LogP) is 5.36. The topological polar surface area (TPSA) is 65.6 Å². The van der Waals surface area contributed by atoms with Crippen LogP contribution in [0, 0.1) is 6.92 Å². The highest BCUT2D eigenvalue weighted by Crippen LogP contribution is 2.32. The fourth-order valence-corrected chi connectivity index (χ4v) is 4.91. The van der Waals surface area contributed by atoms with Crippen LogP contribution in [0.4, 0.5) is 0 Å². The summed E-state index contributed by atoms with van der Waals surface area (Å²) in [5.74, 6) is 0. The smallest absolute Gasteiger partial charge is 0.265 e. The van der Waals surface area contributed by atoms with E-state index in [2.05, 4.69) is 0 Å². The molecule has 3 heterocycles. The molecule has 7 heteroatoms. The molecule has 1 aliphatic carbocycles. The molecule has 0 unspecified atom stereocenters. The van der Waals surface area contributed by atoms with Gasteiger partial charge in [0.05, 0.1) is 16.7 Å². The Morgan fingerprint density at radius 1 is 1.00 bits per heavy atom. The van der Waals surface area contributed by atoms with E-state index in [-0.39, 0.29) is 11.6 Å². The average molecular weight is 430 g/mol. The molecule has 1 aliphatic rings. The van der Waals surface area contributed by atoms with Gasteiger partial charge in [-0.3, -0.25) is 13.9 Å². The van der Waals surface area contributed by atoms with E-state index in [1.807, 2.05) is 54.0 Å². The first kappa shape index (κ1) is 18.5. The Bertz CT molecular complexity index is 1550. The van der Waals surface area contributed by atoms with Gasteiger partial charge in [0.25, 0.3) is 5.56 Å². The van der Waals surface area contributed by atoms with Gasteiger partial charge in [-0.25, -0.2) is 15.0 Å². The van der Waals surface area contributed by atoms with Gasteiger partial charge in [0.1, 0.15) is 17.2 Å². The van der Waals surface area contributed by atoms with Crippen LogP contribution in [0.25, 0.3) is 38.9 Å². The van der Waals surface area contributed by atoms with Crippen LogP contribution in [0.2, 0.25) is 5.02 Å². The lowest BCUT2D eigenvalue weighted by molar-refractivity contribution is 0.499. The number of hydrogen-bond acceptors (Lipinski definition) is 4. The molecular formula is C24H20ClN5O. The molecule has 6 nitrogen and oxygen atoms in total. The molecular weight excluding hydrogens is 410 g/mol. The number of aromatic nitrogens is 5. The van der Waals surface area contributed by atoms with Crippen LogP contribution < -0.4 is 5.56 Å². The second-order valence-electron chi connectivity index (χ2n) is 8.24. The largest absolute Gasteiger partial charge is 0.295 e. The average Bonchev–Trinajstić information content (AvgIpc) is 3.41. The second kappa shape index (κ2) is 6.89. The highest BCUT2D eigenvalue weighted by Gasteiger charge is 2.25. The van der Waals surface area contributed by atoms with Gasteiger partial charge in [-0.05, 0) is 49.6 Å². The Morgan fingerprint density at radius 2 is 1.74 bits per heavy atom. The Morgan fingerprint density at radius 3 is 2.52 bits per heavy atom. The van der Waals surface area contributed by atoms with E-state index in [4.69, 9.17) is 26.6 Å². The number of fused-ring (bicyclic) bond motifs is 4. The fourth-order valence-electron chi connectivity index (χ4n) is 4.74. The lowest BCUT2D eigenvalue weighted by atomic mass is 10.2. The Balaban J connectivity index is 1.79. The normalized spacial score (nSPS) is 14.9. The van der Waals surface area contributed by atoms with Gasteiger partial charge in [-0.15, -0.1) is 0 Å². The molecule has 1 saturated carbocycles. The van der Waals surface area contributed by atoms with Crippen LogP contribution in [0.15, 0.2) is 53.6 Å². The van der Waals surface area contributed by atoms with E-state index in [0.29, 0.717) is 27.2 Å². The van der Waals surface area contributed by atoms with Gasteiger partial charge in [0.15, 0.2) is 11.3 Å². The molecule has 0 aliphatic heterocycles. The summed E-state index contributed by atoms with van der Waals surface area (Å²) in [4.78, 5) is 28.2. The number of para-hydroxylation sites is 2. The monoisotopic (exact) mass is 429 g/mol. The first-order valence-electron chi connectivity index (χ1n) is 10.6. The lowest BCUT2D eigenvalue weighted by Crippen LogP contribution is -2.23. The van der Waals surface area contributed by atoms with Crippen LogP contribution in [0.3, 0.4) is 0 Å². The van der Waals surface area contributed by atoms with Crippen molar-refractivity contribution < 1.29 is 0 Å². The quantitative estimate of drug-likeness (QED) is 0.379. The minimum atomic E-state index is -0.0510. The standard InChI is InChI=1S/C24H20ClN5O/c1-14-10-11-15(25)12-19(14)30-22-20(24(31)29(13-26-22)16-6-2-3-7-16)21-23(30)28-18-9-5-4-8-17(18)27-21/h4-5,8-13,16H,2-3,6-7H2,1H3. The maximum atomic E-state index is 13.7. The van der Waals surface area contributed by atoms with Crippen LogP contribution in [0.5, 0.6) is 0 Å². The molecule has 2 aromatic carbocycles. The molecule has 0 amide bonds. The number of benzene rings is 2. The van der Waals surface area contributed by atoms with Crippen molar-refractivity contribution in [2.75, 3.05) is 0 Å². The van der Waals surface area contributed by atoms with Crippen molar-refractivity contribution in [3.8, 4) is 5.69 Å². The molecule has 0 spiro atoms. The van der Waals surface area contributed by atoms with E-state index < -0.39 is 0 Å². The zero-order chi connectivity index (χ0) is 21.1. The maximum Gasteiger partial charge on any atom is 0.265 e. The molecule has 6 rings (SSSR count). The third-order valence-corrected chi connectivity index (χ3v) is 6.55. The summed E-state index contributed by atoms with van der Waals surface area (Å²) in [6.07, 6.45) is 5.99. The SMILES string of the molecule is Cc1ccc(Cl)cc1-n1c2nc3ccccc3nc2c2c(=O)n(C3CCCC3)cnc21. The van der Waals surface area contributed by atoms with Crippen molar-refractivity contribution in [1.29, 1.82) is 0 Å². The van der Waals surface area contributed by atoms with E-state index in [1.54, 1.807) is 10.9 Å². The van der Waals surface area contributed by atoms with Gasteiger partial charge in [-0.1, -0.05) is 42.6 Å². The fraction of sp³-hybridized carbons (Fsp3) is 0.250. The highest BCUT2D eigenvalue weighted by molar-refractivity contribution is 6.30. The molecule has 0 saturated heterocycles. The van der Waals surface area contributed by atoms with Crippen LogP contribution >= 0.6 is 11.6 Å². The van der Waals surface area contributed by atoms with Gasteiger partial charge in [0.2, 0.25) is 0 Å². The van der Waals surface area contributed by atoms with Crippen molar-refractivity contribution in [2.45, 2.75) is 38.6 Å². The Hall–Kier alpha value is -3.25. The minimum absolute atomic E-state index is 0.0510. The third-order valence-electron chi connectivity index (χ3n) is 6.32. The summed E-state index contributed by atoms with van der Waals surface area (Å²) in [7, 11) is 0. The molecule has 0 N–H and O–H groups in total. The van der Waals surface area contributed by atoms with Gasteiger partial charge in [0, 0.05) is 11.1 Å². The van der Waals surface area contributed by atoms with E-state index in [9.17, 15) is 4.79 Å². The van der Waals surface area contributed by atoms with Crippen molar-refractivity contribution >= 4 is 44.8 Å². The minimum Gasteiger partial charge on any atom is -0.295 e. The zero-order valence-corrected chi connectivity index (χ0v) is 17.8. The van der Waals surface area contributed by atoms with Crippen LogP contribution in [0.1, 0.15) is 37.3 Å². The number of halogens is 1. The molecule has 0 radical (unpaired) electrons. The summed E-state index contributed by atoms with van der Waals surface area (Å²) >= 11 is 6.34. The molecule has 31 heavy (non-hydrogen) atoms. The van der Waals surface area contributed by atoms with Gasteiger partial charge >= 0.3 is 0 Å². The van der Waals surface area contributed by atoms with Gasteiger partial charge in [-0.2, -0.15) is 0 Å². The van der Waals surface area contributed by atoms with Crippen molar-refractivity contribution in [3.63, 3.8) is 0 Å². The zero-order valence-electron chi connectivity index (χ0n) is 17.0. The first-order valence-corrected chi connectivity index (χ1v) is 10.9. The molecule has 0 bridgehead atoms. The Labute approximate surface area is 183 Å². The molecule has 1 fully saturated rings. The van der Waals surface area contributed by atoms with E-state index in [1.165, 1.54) is 0 Å². The second-order valence-corrected chi connectivity index (χ2v) is 8.68. The predicted molar refractivity (Wildman–Crippen MR) is 123 cm³/mol. The summed E-state index contributed by atoms with van der Waals surface area (Å²) in [5.41, 5.74) is 5.11. The number of aryl methyl sites for hydroxylation is 1. The number of nitrogens with zero attached hydrogens (tertiary/aromatic N) is 5. The number of hydrogen-bond donors (Lipinski definition) is 0. The van der Waals surface area contributed by atoms with Crippen LogP contribution in [-0.2, 0) is 0 Å². The van der Waals surface area contributed by atoms with E-state index in [0.717, 1.165) is 48.0 Å². The number of rotatable bonds is 2. The first-order chi connectivity index (χ1) is 15.1. The van der Waals surface area contributed by atoms with E-state index >= 15 is 0 Å². The molecule has 5 aromatic rings. The molecule has 0 atom stereocenters. The van der Waals surface area contributed by atoms with Crippen molar-refractivity contribution in [2.24, 2.45) is 0 Å². The summed E-state index contributed by atoms with van der Waals surface area (Å²) < 4.78 is 3.71. The summed E-state index contributed by atoms with van der Waals surface area (Å²) in [5, 5.41) is 1.13. The van der Waals surface area contributed by atoms with Crippen molar-refractivity contribution in [3.05, 3.63) is 69.7 Å². The molecule has 154 valence electrons. The maximum absolute atomic E-state index is 13.7. The lowest BCUT2D eigenvalue weighted by Gasteiger charge is -2.13. The van der Waals surface area contributed by atoms with Crippen molar-refractivity contribution in [1.82, 2.24) is 24.1 Å². The third kappa shape index (κ3) is 2.78.